The SMILES string of the molecule is C1=CCC(C2=NC(c3cccc4oc5cc(-c6ccc7sc8cccc(-n9c%10ccccc%10c%10ccccc%109)c8c7c6)ccc5c34)NC(c3ccccc3)N2)C=C1. The number of amidine groups is 1. The molecule has 4 heterocycles. The summed E-state index contributed by atoms with van der Waals surface area (Å²) in [7, 11) is 0. The van der Waals surface area contributed by atoms with Gasteiger partial charge in [0.25, 0.3) is 0 Å². The number of hydrogen-bond acceptors (Lipinski definition) is 5. The number of aromatic nitrogens is 1. The van der Waals surface area contributed by atoms with E-state index in [1.165, 1.54) is 53.2 Å². The fourth-order valence-electron chi connectivity index (χ4n) is 9.15. The van der Waals surface area contributed by atoms with Crippen LogP contribution in [0.15, 0.2) is 185 Å². The summed E-state index contributed by atoms with van der Waals surface area (Å²) in [5, 5.41) is 14.8. The van der Waals surface area contributed by atoms with Crippen LogP contribution in [0.5, 0.6) is 0 Å². The number of allylic oxidation sites excluding steroid dienone is 3. The quantitative estimate of drug-likeness (QED) is 0.184. The lowest BCUT2D eigenvalue weighted by Gasteiger charge is -2.34. The Morgan fingerprint density at radius 2 is 1.39 bits per heavy atom. The van der Waals surface area contributed by atoms with Gasteiger partial charge in [-0.15, -0.1) is 11.3 Å². The molecule has 0 amide bonds. The summed E-state index contributed by atoms with van der Waals surface area (Å²) in [6.07, 6.45) is 9.28. The first-order chi connectivity index (χ1) is 28.2. The fourth-order valence-corrected chi connectivity index (χ4v) is 10.3. The highest BCUT2D eigenvalue weighted by atomic mass is 32.1. The molecule has 10 aromatic rings. The standard InChI is InChI=1S/C51H36N4OS/c1-3-13-31(14-4-1)49-52-50(32-15-5-2-6-16-32)54-51(53-49)38-19-11-23-43-47(38)37-27-25-34(30-44(37)56-43)33-26-28-45-39(29-33)48-42(22-12-24-46(48)57-45)55-40-20-9-7-17-35(40)36-18-8-10-21-41(36)55/h1-15,17-30,32,49,51,53H,16H2,(H,52,54). The third-order valence-electron chi connectivity index (χ3n) is 11.8. The molecule has 0 spiro atoms. The number of hydrogen-bond donors (Lipinski definition) is 2. The predicted octanol–water partition coefficient (Wildman–Crippen LogP) is 13.1. The maximum absolute atomic E-state index is 6.68. The lowest BCUT2D eigenvalue weighted by Crippen LogP contribution is -2.47. The Bertz CT molecular complexity index is 3260. The first-order valence-corrected chi connectivity index (χ1v) is 20.4. The van der Waals surface area contributed by atoms with E-state index in [0.29, 0.717) is 0 Å². The van der Waals surface area contributed by atoms with Crippen molar-refractivity contribution in [1.82, 2.24) is 15.2 Å². The molecule has 1 aliphatic carbocycles. The van der Waals surface area contributed by atoms with E-state index in [1.54, 1.807) is 0 Å². The molecule has 3 aromatic heterocycles. The Labute approximate surface area is 332 Å². The largest absolute Gasteiger partial charge is 0.456 e. The van der Waals surface area contributed by atoms with E-state index in [2.05, 4.69) is 191 Å². The average molecular weight is 753 g/mol. The summed E-state index contributed by atoms with van der Waals surface area (Å²) in [4.78, 5) is 5.33. The molecule has 0 radical (unpaired) electrons. The van der Waals surface area contributed by atoms with Crippen LogP contribution in [0.2, 0.25) is 0 Å². The summed E-state index contributed by atoms with van der Waals surface area (Å²) in [5.74, 6) is 1.20. The van der Waals surface area contributed by atoms with Gasteiger partial charge < -0.3 is 14.3 Å². The first kappa shape index (κ1) is 32.5. The van der Waals surface area contributed by atoms with Crippen molar-refractivity contribution < 1.29 is 4.42 Å². The van der Waals surface area contributed by atoms with Gasteiger partial charge in [-0.2, -0.15) is 0 Å². The van der Waals surface area contributed by atoms with Gasteiger partial charge in [0.2, 0.25) is 0 Å². The van der Waals surface area contributed by atoms with Gasteiger partial charge in [0.05, 0.1) is 16.7 Å². The molecule has 12 rings (SSSR count). The molecule has 2 N–H and O–H groups in total. The minimum Gasteiger partial charge on any atom is -0.456 e. The second-order valence-corrected chi connectivity index (χ2v) is 16.2. The number of aliphatic imine (C=N–C) groups is 1. The number of rotatable bonds is 5. The molecule has 6 heteroatoms. The zero-order chi connectivity index (χ0) is 37.5. The average Bonchev–Trinajstić information content (AvgIpc) is 3.96. The second kappa shape index (κ2) is 12.9. The van der Waals surface area contributed by atoms with Crippen LogP contribution in [0.25, 0.3) is 80.7 Å². The molecule has 0 saturated carbocycles. The van der Waals surface area contributed by atoms with Crippen LogP contribution >= 0.6 is 11.3 Å². The van der Waals surface area contributed by atoms with Crippen molar-refractivity contribution in [2.45, 2.75) is 18.8 Å². The number of nitrogens with one attached hydrogen (secondary N) is 2. The second-order valence-electron chi connectivity index (χ2n) is 15.1. The van der Waals surface area contributed by atoms with Gasteiger partial charge in [-0.25, -0.2) is 4.99 Å². The van der Waals surface area contributed by atoms with E-state index < -0.39 is 0 Å². The predicted molar refractivity (Wildman–Crippen MR) is 238 cm³/mol. The Hall–Kier alpha value is -6.73. The van der Waals surface area contributed by atoms with Crippen molar-refractivity contribution in [3.63, 3.8) is 0 Å². The summed E-state index contributed by atoms with van der Waals surface area (Å²) in [6.45, 7) is 0. The molecule has 2 aliphatic rings. The summed E-state index contributed by atoms with van der Waals surface area (Å²) >= 11 is 1.86. The number of para-hydroxylation sites is 2. The van der Waals surface area contributed by atoms with Crippen LogP contribution in [0.3, 0.4) is 0 Å². The zero-order valence-electron chi connectivity index (χ0n) is 30.9. The molecule has 7 aromatic carbocycles. The Morgan fingerprint density at radius 3 is 2.21 bits per heavy atom. The monoisotopic (exact) mass is 752 g/mol. The highest BCUT2D eigenvalue weighted by Crippen LogP contribution is 2.43. The molecule has 0 fully saturated rings. The van der Waals surface area contributed by atoms with E-state index in [9.17, 15) is 0 Å². The van der Waals surface area contributed by atoms with E-state index in [0.717, 1.165) is 50.9 Å². The van der Waals surface area contributed by atoms with Crippen molar-refractivity contribution in [2.75, 3.05) is 0 Å². The van der Waals surface area contributed by atoms with E-state index in [4.69, 9.17) is 9.41 Å². The Kier molecular flexibility index (Phi) is 7.37. The molecule has 5 nitrogen and oxygen atoms in total. The Morgan fingerprint density at radius 1 is 0.614 bits per heavy atom. The normalized spacial score (nSPS) is 18.3. The third kappa shape index (κ3) is 5.22. The van der Waals surface area contributed by atoms with Gasteiger partial charge in [-0.05, 0) is 77.7 Å². The molecule has 272 valence electrons. The molecule has 3 atom stereocenters. The van der Waals surface area contributed by atoms with Crippen molar-refractivity contribution in [3.05, 3.63) is 187 Å². The molecule has 57 heavy (non-hydrogen) atoms. The minimum absolute atomic E-state index is 0.0818. The van der Waals surface area contributed by atoms with Gasteiger partial charge >= 0.3 is 0 Å². The Balaban J connectivity index is 0.976. The van der Waals surface area contributed by atoms with Crippen LogP contribution in [-0.2, 0) is 0 Å². The first-order valence-electron chi connectivity index (χ1n) is 19.6. The lowest BCUT2D eigenvalue weighted by molar-refractivity contribution is 0.401. The summed E-state index contributed by atoms with van der Waals surface area (Å²) in [5.41, 5.74) is 9.95. The van der Waals surface area contributed by atoms with Crippen LogP contribution in [0, 0.1) is 5.92 Å². The number of fused-ring (bicyclic) bond motifs is 9. The van der Waals surface area contributed by atoms with Crippen LogP contribution in [-0.4, -0.2) is 10.4 Å². The lowest BCUT2D eigenvalue weighted by atomic mass is 9.96. The fraction of sp³-hybridized carbons (Fsp3) is 0.0784. The molecule has 3 unspecified atom stereocenters. The maximum atomic E-state index is 6.68. The zero-order valence-corrected chi connectivity index (χ0v) is 31.7. The third-order valence-corrected chi connectivity index (χ3v) is 12.9. The number of furan rings is 1. The minimum atomic E-state index is -0.257. The highest BCUT2D eigenvalue weighted by Gasteiger charge is 2.29. The van der Waals surface area contributed by atoms with Gasteiger partial charge in [0.1, 0.15) is 29.3 Å². The van der Waals surface area contributed by atoms with Gasteiger partial charge in [0, 0.05) is 53.2 Å². The molecule has 0 bridgehead atoms. The molecular weight excluding hydrogens is 717 g/mol. The summed E-state index contributed by atoms with van der Waals surface area (Å²) < 4.78 is 11.7. The van der Waals surface area contributed by atoms with E-state index in [-0.39, 0.29) is 18.2 Å². The van der Waals surface area contributed by atoms with E-state index in [1.807, 2.05) is 11.3 Å². The number of benzene rings is 7. The van der Waals surface area contributed by atoms with Crippen molar-refractivity contribution >= 4 is 81.1 Å². The summed E-state index contributed by atoms with van der Waals surface area (Å²) in [6, 6.07) is 54.7. The van der Waals surface area contributed by atoms with Crippen LogP contribution < -0.4 is 10.6 Å². The maximum Gasteiger partial charge on any atom is 0.136 e. The van der Waals surface area contributed by atoms with Gasteiger partial charge in [-0.3, -0.25) is 5.32 Å². The number of nitrogens with zero attached hydrogens (tertiary/aromatic N) is 2. The van der Waals surface area contributed by atoms with Crippen LogP contribution in [0.1, 0.15) is 29.9 Å². The number of thiophene rings is 1. The highest BCUT2D eigenvalue weighted by molar-refractivity contribution is 7.25. The van der Waals surface area contributed by atoms with E-state index >= 15 is 0 Å². The van der Waals surface area contributed by atoms with Crippen molar-refractivity contribution in [1.29, 1.82) is 0 Å². The molecule has 0 saturated heterocycles. The van der Waals surface area contributed by atoms with Gasteiger partial charge in [0.15, 0.2) is 0 Å². The molecule has 1 aliphatic heterocycles. The smallest absolute Gasteiger partial charge is 0.136 e. The van der Waals surface area contributed by atoms with Crippen LogP contribution in [0.4, 0.5) is 0 Å². The topological polar surface area (TPSA) is 54.5 Å². The van der Waals surface area contributed by atoms with Crippen molar-refractivity contribution in [2.24, 2.45) is 10.9 Å². The van der Waals surface area contributed by atoms with Gasteiger partial charge in [-0.1, -0.05) is 121 Å². The molecular formula is C51H36N4OS. The van der Waals surface area contributed by atoms with Crippen molar-refractivity contribution in [3.8, 4) is 16.8 Å².